The van der Waals surface area contributed by atoms with Gasteiger partial charge in [-0.2, -0.15) is 0 Å². The lowest BCUT2D eigenvalue weighted by molar-refractivity contribution is 0.307. The van der Waals surface area contributed by atoms with E-state index in [9.17, 15) is 10.2 Å². The standard InChI is InChI=1S/C13H19NO2/c14-13(9-4-2-1-3-5-9)10-6-7-11(15)12(16)8-10/h6-9,13,15-16H,1-5,14H2/t13-/m0/s1. The van der Waals surface area contributed by atoms with E-state index in [-0.39, 0.29) is 17.5 Å². The van der Waals surface area contributed by atoms with Gasteiger partial charge < -0.3 is 15.9 Å². The molecule has 0 heterocycles. The highest BCUT2D eigenvalue weighted by Crippen LogP contribution is 2.35. The van der Waals surface area contributed by atoms with E-state index < -0.39 is 0 Å². The van der Waals surface area contributed by atoms with Crippen molar-refractivity contribution in [3.63, 3.8) is 0 Å². The number of rotatable bonds is 2. The summed E-state index contributed by atoms with van der Waals surface area (Å²) in [6.45, 7) is 0. The Bertz CT molecular complexity index is 359. The third-order valence-electron chi connectivity index (χ3n) is 3.54. The average Bonchev–Trinajstić information content (AvgIpc) is 2.33. The Kier molecular flexibility index (Phi) is 3.34. The first-order valence-electron chi connectivity index (χ1n) is 5.96. The molecule has 4 N–H and O–H groups in total. The molecule has 1 aliphatic rings. The first-order valence-corrected chi connectivity index (χ1v) is 5.96. The summed E-state index contributed by atoms with van der Waals surface area (Å²) < 4.78 is 0. The molecular formula is C13H19NO2. The topological polar surface area (TPSA) is 66.5 Å². The zero-order valence-corrected chi connectivity index (χ0v) is 9.39. The molecule has 1 aliphatic carbocycles. The van der Waals surface area contributed by atoms with Crippen LogP contribution in [-0.2, 0) is 0 Å². The highest BCUT2D eigenvalue weighted by Gasteiger charge is 2.22. The van der Waals surface area contributed by atoms with Gasteiger partial charge in [0.15, 0.2) is 11.5 Å². The Morgan fingerprint density at radius 2 is 1.75 bits per heavy atom. The number of phenolic OH excluding ortho intramolecular Hbond substituents is 2. The van der Waals surface area contributed by atoms with Gasteiger partial charge in [-0.25, -0.2) is 0 Å². The van der Waals surface area contributed by atoms with Crippen LogP contribution in [0.1, 0.15) is 43.7 Å². The maximum Gasteiger partial charge on any atom is 0.157 e. The molecule has 0 amide bonds. The Morgan fingerprint density at radius 1 is 1.06 bits per heavy atom. The average molecular weight is 221 g/mol. The van der Waals surface area contributed by atoms with Crippen LogP contribution in [0, 0.1) is 5.92 Å². The number of benzene rings is 1. The van der Waals surface area contributed by atoms with Gasteiger partial charge in [0.1, 0.15) is 0 Å². The maximum atomic E-state index is 9.44. The van der Waals surface area contributed by atoms with Gasteiger partial charge in [0.05, 0.1) is 0 Å². The van der Waals surface area contributed by atoms with E-state index in [1.54, 1.807) is 12.1 Å². The fourth-order valence-corrected chi connectivity index (χ4v) is 2.51. The minimum Gasteiger partial charge on any atom is -0.504 e. The van der Waals surface area contributed by atoms with Gasteiger partial charge in [-0.15, -0.1) is 0 Å². The highest BCUT2D eigenvalue weighted by molar-refractivity contribution is 5.41. The van der Waals surface area contributed by atoms with Crippen LogP contribution in [0.25, 0.3) is 0 Å². The normalized spacial score (nSPS) is 19.6. The Balaban J connectivity index is 2.12. The third kappa shape index (κ3) is 2.30. The predicted octanol–water partition coefficient (Wildman–Crippen LogP) is 2.68. The number of aromatic hydroxyl groups is 2. The van der Waals surface area contributed by atoms with Gasteiger partial charge in [-0.1, -0.05) is 25.3 Å². The van der Waals surface area contributed by atoms with Crippen LogP contribution in [0.2, 0.25) is 0 Å². The van der Waals surface area contributed by atoms with Crippen molar-refractivity contribution in [3.8, 4) is 11.5 Å². The second-order valence-electron chi connectivity index (χ2n) is 4.67. The van der Waals surface area contributed by atoms with Crippen LogP contribution in [0.4, 0.5) is 0 Å². The van der Waals surface area contributed by atoms with Crippen LogP contribution in [0.15, 0.2) is 18.2 Å². The summed E-state index contributed by atoms with van der Waals surface area (Å²) in [5, 5.41) is 18.7. The summed E-state index contributed by atoms with van der Waals surface area (Å²) in [7, 11) is 0. The molecule has 0 unspecified atom stereocenters. The third-order valence-corrected chi connectivity index (χ3v) is 3.54. The molecule has 1 atom stereocenters. The van der Waals surface area contributed by atoms with E-state index in [1.165, 1.54) is 38.2 Å². The molecule has 88 valence electrons. The van der Waals surface area contributed by atoms with Gasteiger partial charge in [0, 0.05) is 6.04 Å². The highest BCUT2D eigenvalue weighted by atomic mass is 16.3. The minimum atomic E-state index is -0.0837. The van der Waals surface area contributed by atoms with Crippen LogP contribution in [-0.4, -0.2) is 10.2 Å². The molecular weight excluding hydrogens is 202 g/mol. The largest absolute Gasteiger partial charge is 0.504 e. The number of hydrogen-bond acceptors (Lipinski definition) is 3. The molecule has 0 radical (unpaired) electrons. The summed E-state index contributed by atoms with van der Waals surface area (Å²) >= 11 is 0. The van der Waals surface area contributed by atoms with Crippen molar-refractivity contribution < 1.29 is 10.2 Å². The van der Waals surface area contributed by atoms with E-state index in [2.05, 4.69) is 0 Å². The van der Waals surface area contributed by atoms with Crippen LogP contribution in [0.5, 0.6) is 11.5 Å². The van der Waals surface area contributed by atoms with Crippen molar-refractivity contribution in [3.05, 3.63) is 23.8 Å². The first-order chi connectivity index (χ1) is 7.68. The predicted molar refractivity (Wildman–Crippen MR) is 63.3 cm³/mol. The maximum absolute atomic E-state index is 9.44. The van der Waals surface area contributed by atoms with Gasteiger partial charge in [-0.3, -0.25) is 0 Å². The molecule has 1 aromatic carbocycles. The van der Waals surface area contributed by atoms with E-state index >= 15 is 0 Å². The van der Waals surface area contributed by atoms with E-state index in [0.29, 0.717) is 5.92 Å². The number of hydrogen-bond donors (Lipinski definition) is 3. The molecule has 1 aromatic rings. The molecule has 2 rings (SSSR count). The second kappa shape index (κ2) is 4.74. The number of nitrogens with two attached hydrogens (primary N) is 1. The molecule has 0 aromatic heterocycles. The number of phenols is 2. The van der Waals surface area contributed by atoms with E-state index in [1.807, 2.05) is 0 Å². The van der Waals surface area contributed by atoms with Crippen molar-refractivity contribution in [1.29, 1.82) is 0 Å². The van der Waals surface area contributed by atoms with Gasteiger partial charge in [-0.05, 0) is 36.5 Å². The summed E-state index contributed by atoms with van der Waals surface area (Å²) in [4.78, 5) is 0. The molecule has 1 saturated carbocycles. The SMILES string of the molecule is N[C@H](c1ccc(O)c(O)c1)C1CCCCC1. The first kappa shape index (κ1) is 11.3. The Hall–Kier alpha value is -1.22. The molecule has 0 saturated heterocycles. The summed E-state index contributed by atoms with van der Waals surface area (Å²) in [6.07, 6.45) is 6.15. The summed E-state index contributed by atoms with van der Waals surface area (Å²) in [5.74, 6) is 0.348. The van der Waals surface area contributed by atoms with Gasteiger partial charge >= 0.3 is 0 Å². The monoisotopic (exact) mass is 221 g/mol. The second-order valence-corrected chi connectivity index (χ2v) is 4.67. The van der Waals surface area contributed by atoms with Crippen LogP contribution in [0.3, 0.4) is 0 Å². The molecule has 3 heteroatoms. The molecule has 16 heavy (non-hydrogen) atoms. The Morgan fingerprint density at radius 3 is 2.38 bits per heavy atom. The van der Waals surface area contributed by atoms with Crippen LogP contribution < -0.4 is 5.73 Å². The molecule has 1 fully saturated rings. The fraction of sp³-hybridized carbons (Fsp3) is 0.538. The lowest BCUT2D eigenvalue weighted by Crippen LogP contribution is -2.23. The molecule has 0 aliphatic heterocycles. The van der Waals surface area contributed by atoms with Crippen molar-refractivity contribution in [2.45, 2.75) is 38.1 Å². The van der Waals surface area contributed by atoms with Crippen molar-refractivity contribution in [1.82, 2.24) is 0 Å². The van der Waals surface area contributed by atoms with Crippen molar-refractivity contribution >= 4 is 0 Å². The van der Waals surface area contributed by atoms with Gasteiger partial charge in [0.2, 0.25) is 0 Å². The van der Waals surface area contributed by atoms with Crippen molar-refractivity contribution in [2.75, 3.05) is 0 Å². The fourth-order valence-electron chi connectivity index (χ4n) is 2.51. The zero-order valence-electron chi connectivity index (χ0n) is 9.39. The Labute approximate surface area is 95.9 Å². The zero-order chi connectivity index (χ0) is 11.5. The summed E-state index contributed by atoms with van der Waals surface area (Å²) in [6, 6.07) is 4.86. The molecule has 0 bridgehead atoms. The molecule has 3 nitrogen and oxygen atoms in total. The van der Waals surface area contributed by atoms with Crippen LogP contribution >= 0.6 is 0 Å². The van der Waals surface area contributed by atoms with E-state index in [4.69, 9.17) is 5.73 Å². The smallest absolute Gasteiger partial charge is 0.157 e. The quantitative estimate of drug-likeness (QED) is 0.673. The van der Waals surface area contributed by atoms with Gasteiger partial charge in [0.25, 0.3) is 0 Å². The lowest BCUT2D eigenvalue weighted by atomic mass is 9.81. The summed E-state index contributed by atoms with van der Waals surface area (Å²) in [5.41, 5.74) is 7.11. The van der Waals surface area contributed by atoms with E-state index in [0.717, 1.165) is 5.56 Å². The lowest BCUT2D eigenvalue weighted by Gasteiger charge is -2.27. The minimum absolute atomic E-state index is 0.0215. The molecule has 0 spiro atoms. The van der Waals surface area contributed by atoms with Crippen molar-refractivity contribution in [2.24, 2.45) is 11.7 Å².